The minimum absolute atomic E-state index is 0.117. The molecule has 1 aliphatic heterocycles. The van der Waals surface area contributed by atoms with Crippen LogP contribution in [-0.2, 0) is 17.9 Å². The zero-order valence-corrected chi connectivity index (χ0v) is 16.5. The fourth-order valence-corrected chi connectivity index (χ4v) is 3.35. The fourth-order valence-electron chi connectivity index (χ4n) is 3.35. The van der Waals surface area contributed by atoms with Crippen molar-refractivity contribution in [1.29, 1.82) is 0 Å². The topological polar surface area (TPSA) is 94.4 Å². The first-order valence-corrected chi connectivity index (χ1v) is 9.78. The Hall–Kier alpha value is -3.88. The summed E-state index contributed by atoms with van der Waals surface area (Å²) in [6.45, 7) is 1.20. The summed E-state index contributed by atoms with van der Waals surface area (Å²) in [6, 6.07) is 10.6. The number of amides is 1. The molecule has 0 bridgehead atoms. The van der Waals surface area contributed by atoms with Crippen LogP contribution in [0.4, 0.5) is 10.1 Å². The highest BCUT2D eigenvalue weighted by Crippen LogP contribution is 2.29. The molecule has 8 nitrogen and oxygen atoms in total. The first-order valence-electron chi connectivity index (χ1n) is 9.78. The molecule has 0 saturated carbocycles. The second-order valence-corrected chi connectivity index (χ2v) is 7.10. The molecule has 1 amide bonds. The number of unbranched alkanes of at least 4 members (excludes halogenated alkanes) is 1. The van der Waals surface area contributed by atoms with Crippen molar-refractivity contribution in [3.63, 3.8) is 0 Å². The highest BCUT2D eigenvalue weighted by molar-refractivity contribution is 6.52. The summed E-state index contributed by atoms with van der Waals surface area (Å²) in [4.78, 5) is 36.2. The van der Waals surface area contributed by atoms with Gasteiger partial charge in [0.1, 0.15) is 30.2 Å². The first-order chi connectivity index (χ1) is 15.0. The number of aldehydes is 1. The molecule has 4 rings (SSSR count). The number of halogens is 1. The second-order valence-electron chi connectivity index (χ2n) is 7.10. The van der Waals surface area contributed by atoms with Crippen LogP contribution >= 0.6 is 0 Å². The van der Waals surface area contributed by atoms with Crippen LogP contribution in [0.25, 0.3) is 0 Å². The SMILES string of the molecule is O=Cc1ccc(OCc2cn(CCCCN3C(=O)C(=O)c4cc(F)ccc43)nn2)cc1. The normalized spacial score (nSPS) is 12.9. The van der Waals surface area contributed by atoms with E-state index in [1.807, 2.05) is 0 Å². The molecule has 2 heterocycles. The lowest BCUT2D eigenvalue weighted by molar-refractivity contribution is -0.114. The summed E-state index contributed by atoms with van der Waals surface area (Å²) in [7, 11) is 0. The summed E-state index contributed by atoms with van der Waals surface area (Å²) in [5.74, 6) is -1.20. The van der Waals surface area contributed by atoms with Crippen LogP contribution in [0.15, 0.2) is 48.7 Å². The van der Waals surface area contributed by atoms with Gasteiger partial charge in [-0.05, 0) is 55.3 Å². The number of Topliss-reactive ketones (excluding diaryl/α,β-unsaturated/α-hetero) is 1. The van der Waals surface area contributed by atoms with Gasteiger partial charge in [0.2, 0.25) is 0 Å². The van der Waals surface area contributed by atoms with E-state index in [1.165, 1.54) is 17.0 Å². The van der Waals surface area contributed by atoms with Crippen molar-refractivity contribution in [1.82, 2.24) is 15.0 Å². The van der Waals surface area contributed by atoms with Gasteiger partial charge in [0.15, 0.2) is 0 Å². The number of anilines is 1. The number of ketones is 1. The van der Waals surface area contributed by atoms with E-state index in [0.29, 0.717) is 48.6 Å². The largest absolute Gasteiger partial charge is 0.487 e. The van der Waals surface area contributed by atoms with Gasteiger partial charge in [-0.25, -0.2) is 4.39 Å². The molecule has 9 heteroatoms. The Kier molecular flexibility index (Phi) is 5.83. The number of benzene rings is 2. The Morgan fingerprint density at radius 3 is 2.58 bits per heavy atom. The molecule has 0 unspecified atom stereocenters. The number of nitrogens with zero attached hydrogens (tertiary/aromatic N) is 4. The van der Waals surface area contributed by atoms with Crippen LogP contribution in [0, 0.1) is 5.82 Å². The number of carbonyl (C=O) groups is 3. The van der Waals surface area contributed by atoms with Gasteiger partial charge in [-0.15, -0.1) is 5.10 Å². The predicted molar refractivity (Wildman–Crippen MR) is 109 cm³/mol. The minimum Gasteiger partial charge on any atom is -0.487 e. The maximum atomic E-state index is 13.3. The van der Waals surface area contributed by atoms with E-state index < -0.39 is 17.5 Å². The number of hydrogen-bond acceptors (Lipinski definition) is 6. The minimum atomic E-state index is -0.670. The number of carbonyl (C=O) groups excluding carboxylic acids is 3. The van der Waals surface area contributed by atoms with Crippen molar-refractivity contribution in [2.24, 2.45) is 0 Å². The van der Waals surface area contributed by atoms with Crippen LogP contribution in [0.2, 0.25) is 0 Å². The number of aryl methyl sites for hydroxylation is 1. The Balaban J connectivity index is 1.24. The summed E-state index contributed by atoms with van der Waals surface area (Å²) >= 11 is 0. The molecule has 0 aliphatic carbocycles. The van der Waals surface area contributed by atoms with E-state index >= 15 is 0 Å². The zero-order valence-electron chi connectivity index (χ0n) is 16.5. The molecule has 0 N–H and O–H groups in total. The molecule has 0 fully saturated rings. The number of ether oxygens (including phenoxy) is 1. The molecule has 158 valence electrons. The average molecular weight is 422 g/mol. The first kappa shape index (κ1) is 20.4. The van der Waals surface area contributed by atoms with Gasteiger partial charge >= 0.3 is 0 Å². The summed E-state index contributed by atoms with van der Waals surface area (Å²) in [6.07, 6.45) is 3.91. The Bertz CT molecular complexity index is 1130. The van der Waals surface area contributed by atoms with Gasteiger partial charge in [-0.2, -0.15) is 0 Å². The number of rotatable bonds is 9. The maximum Gasteiger partial charge on any atom is 0.299 e. The third-order valence-corrected chi connectivity index (χ3v) is 4.94. The number of fused-ring (bicyclic) bond motifs is 1. The van der Waals surface area contributed by atoms with Gasteiger partial charge in [0.05, 0.1) is 17.4 Å². The molecule has 0 spiro atoms. The second kappa shape index (κ2) is 8.86. The van der Waals surface area contributed by atoms with E-state index in [0.717, 1.165) is 12.4 Å². The standard InChI is InChI=1S/C22H19FN4O4/c23-16-5-8-20-19(11-16)21(29)22(30)27(20)10-2-1-9-26-12-17(24-25-26)14-31-18-6-3-15(13-28)4-7-18/h3-8,11-13H,1-2,9-10,14H2. The van der Waals surface area contributed by atoms with Crippen LogP contribution < -0.4 is 9.64 Å². The Morgan fingerprint density at radius 2 is 1.81 bits per heavy atom. The van der Waals surface area contributed by atoms with E-state index in [2.05, 4.69) is 10.3 Å². The van der Waals surface area contributed by atoms with Crippen molar-refractivity contribution in [2.75, 3.05) is 11.4 Å². The molecule has 0 atom stereocenters. The summed E-state index contributed by atoms with van der Waals surface area (Å²) in [5, 5.41) is 8.13. The number of hydrogen-bond donors (Lipinski definition) is 0. The molecule has 1 aliphatic rings. The van der Waals surface area contributed by atoms with Crippen molar-refractivity contribution in [3.05, 3.63) is 71.3 Å². The molecule has 3 aromatic rings. The van der Waals surface area contributed by atoms with Crippen LogP contribution in [-0.4, -0.2) is 39.5 Å². The van der Waals surface area contributed by atoms with E-state index in [-0.39, 0.29) is 12.2 Å². The molecule has 31 heavy (non-hydrogen) atoms. The smallest absolute Gasteiger partial charge is 0.299 e. The van der Waals surface area contributed by atoms with Gasteiger partial charge in [-0.3, -0.25) is 19.1 Å². The molecule has 1 aromatic heterocycles. The van der Waals surface area contributed by atoms with Gasteiger partial charge in [0, 0.05) is 18.7 Å². The maximum absolute atomic E-state index is 13.3. The lowest BCUT2D eigenvalue weighted by Gasteiger charge is -2.16. The highest BCUT2D eigenvalue weighted by atomic mass is 19.1. The monoisotopic (exact) mass is 422 g/mol. The molecule has 2 aromatic carbocycles. The van der Waals surface area contributed by atoms with Crippen molar-refractivity contribution >= 4 is 23.7 Å². The quantitative estimate of drug-likeness (QED) is 0.299. The fraction of sp³-hybridized carbons (Fsp3) is 0.227. The lowest BCUT2D eigenvalue weighted by Crippen LogP contribution is -2.30. The Morgan fingerprint density at radius 1 is 1.03 bits per heavy atom. The van der Waals surface area contributed by atoms with E-state index in [4.69, 9.17) is 4.74 Å². The number of aromatic nitrogens is 3. The molecular formula is C22H19FN4O4. The Labute approximate surface area is 177 Å². The van der Waals surface area contributed by atoms with Crippen molar-refractivity contribution in [3.8, 4) is 5.75 Å². The van der Waals surface area contributed by atoms with Gasteiger partial charge in [0.25, 0.3) is 11.7 Å². The average Bonchev–Trinajstić information content (AvgIpc) is 3.33. The van der Waals surface area contributed by atoms with E-state index in [9.17, 15) is 18.8 Å². The van der Waals surface area contributed by atoms with E-state index in [1.54, 1.807) is 35.1 Å². The highest BCUT2D eigenvalue weighted by Gasteiger charge is 2.35. The molecular weight excluding hydrogens is 403 g/mol. The van der Waals surface area contributed by atoms with Crippen molar-refractivity contribution in [2.45, 2.75) is 26.0 Å². The van der Waals surface area contributed by atoms with Crippen LogP contribution in [0.3, 0.4) is 0 Å². The molecule has 0 radical (unpaired) electrons. The third-order valence-electron chi connectivity index (χ3n) is 4.94. The summed E-state index contributed by atoms with van der Waals surface area (Å²) in [5.41, 5.74) is 1.81. The zero-order chi connectivity index (χ0) is 21.8. The van der Waals surface area contributed by atoms with Crippen LogP contribution in [0.5, 0.6) is 5.75 Å². The molecule has 0 saturated heterocycles. The predicted octanol–water partition coefficient (Wildman–Crippen LogP) is 2.82. The van der Waals surface area contributed by atoms with Crippen molar-refractivity contribution < 1.29 is 23.5 Å². The lowest BCUT2D eigenvalue weighted by atomic mass is 10.1. The third kappa shape index (κ3) is 4.50. The van der Waals surface area contributed by atoms with Crippen LogP contribution in [0.1, 0.15) is 39.3 Å². The summed E-state index contributed by atoms with van der Waals surface area (Å²) < 4.78 is 20.7. The van der Waals surface area contributed by atoms with Gasteiger partial charge < -0.3 is 9.64 Å². The van der Waals surface area contributed by atoms with Gasteiger partial charge in [-0.1, -0.05) is 5.21 Å².